The van der Waals surface area contributed by atoms with Gasteiger partial charge in [0.1, 0.15) is 13.2 Å². The molecule has 0 aliphatic heterocycles. The van der Waals surface area contributed by atoms with Crippen LogP contribution in [-0.2, 0) is 9.53 Å². The number of likely N-dealkylation sites (N-methyl/N-ethyl adjacent to an activating group) is 1. The van der Waals surface area contributed by atoms with Crippen molar-refractivity contribution in [2.24, 2.45) is 5.41 Å². The van der Waals surface area contributed by atoms with Gasteiger partial charge in [0.05, 0.1) is 26.6 Å². The third-order valence-corrected chi connectivity index (χ3v) is 1.61. The van der Waals surface area contributed by atoms with Crippen LogP contribution in [0.2, 0.25) is 0 Å². The van der Waals surface area contributed by atoms with Crippen LogP contribution in [0.5, 0.6) is 0 Å². The molecule has 0 spiro atoms. The normalized spacial score (nSPS) is 11.9. The van der Waals surface area contributed by atoms with E-state index in [0.29, 0.717) is 6.61 Å². The summed E-state index contributed by atoms with van der Waals surface area (Å²) in [6, 6.07) is 0. The van der Waals surface area contributed by atoms with Gasteiger partial charge < -0.3 is 26.2 Å². The van der Waals surface area contributed by atoms with Crippen LogP contribution in [0.3, 0.4) is 0 Å². The average molecular weight is 268 g/mol. The van der Waals surface area contributed by atoms with Gasteiger partial charge in [0.25, 0.3) is 0 Å². The van der Waals surface area contributed by atoms with Gasteiger partial charge in [-0.25, -0.2) is 0 Å². The third kappa shape index (κ3) is 8.51. The van der Waals surface area contributed by atoms with Crippen molar-refractivity contribution in [3.63, 3.8) is 0 Å². The Bertz CT molecular complexity index is 180. The highest BCUT2D eigenvalue weighted by atomic mass is 79.9. The number of esters is 1. The van der Waals surface area contributed by atoms with E-state index < -0.39 is 0 Å². The Balaban J connectivity index is 0. The number of hydrogen-bond donors (Lipinski definition) is 0. The monoisotopic (exact) mass is 267 g/mol. The van der Waals surface area contributed by atoms with Crippen LogP contribution in [0.1, 0.15) is 20.8 Å². The lowest BCUT2D eigenvalue weighted by molar-refractivity contribution is -0.870. The van der Waals surface area contributed by atoms with E-state index in [4.69, 9.17) is 4.74 Å². The van der Waals surface area contributed by atoms with Gasteiger partial charge in [0.15, 0.2) is 0 Å². The summed E-state index contributed by atoms with van der Waals surface area (Å²) in [7, 11) is 6.22. The average Bonchev–Trinajstić information content (AvgIpc) is 1.82. The summed E-state index contributed by atoms with van der Waals surface area (Å²) in [6.07, 6.45) is 0. The summed E-state index contributed by atoms with van der Waals surface area (Å²) in [4.78, 5) is 11.3. The van der Waals surface area contributed by atoms with Crippen molar-refractivity contribution in [2.75, 3.05) is 34.3 Å². The van der Waals surface area contributed by atoms with Crippen LogP contribution in [0.25, 0.3) is 0 Å². The third-order valence-electron chi connectivity index (χ3n) is 1.61. The highest BCUT2D eigenvalue weighted by molar-refractivity contribution is 5.75. The highest BCUT2D eigenvalue weighted by Gasteiger charge is 2.23. The van der Waals surface area contributed by atoms with Crippen molar-refractivity contribution in [3.05, 3.63) is 0 Å². The van der Waals surface area contributed by atoms with Crippen LogP contribution in [0.4, 0.5) is 0 Å². The summed E-state index contributed by atoms with van der Waals surface area (Å²) in [5.41, 5.74) is -0.384. The molecule has 4 heteroatoms. The second-order valence-corrected chi connectivity index (χ2v) is 5.40. The Hall–Kier alpha value is -0.0900. The van der Waals surface area contributed by atoms with E-state index in [9.17, 15) is 4.79 Å². The predicted molar refractivity (Wildman–Crippen MR) is 53.3 cm³/mol. The number of ether oxygens (including phenoxy) is 1. The second-order valence-electron chi connectivity index (χ2n) is 5.40. The van der Waals surface area contributed by atoms with Crippen molar-refractivity contribution in [1.82, 2.24) is 0 Å². The van der Waals surface area contributed by atoms with Crippen molar-refractivity contribution in [3.8, 4) is 0 Å². The maximum Gasteiger partial charge on any atom is 0.311 e. The van der Waals surface area contributed by atoms with Gasteiger partial charge in [0, 0.05) is 0 Å². The van der Waals surface area contributed by atoms with Crippen molar-refractivity contribution in [2.45, 2.75) is 20.8 Å². The maximum atomic E-state index is 11.3. The molecule has 3 nitrogen and oxygen atoms in total. The fraction of sp³-hybridized carbons (Fsp3) is 0.900. The van der Waals surface area contributed by atoms with E-state index in [1.807, 2.05) is 20.8 Å². The molecule has 0 saturated carbocycles. The van der Waals surface area contributed by atoms with Crippen LogP contribution >= 0.6 is 0 Å². The molecule has 0 heterocycles. The standard InChI is InChI=1S/C10H22NO2.BrH/c1-10(2,3)9(12)13-8-7-11(4,5)6;/h7-8H2,1-6H3;1H/q+1;/p-1. The Morgan fingerprint density at radius 1 is 1.21 bits per heavy atom. The van der Waals surface area contributed by atoms with E-state index in [1.165, 1.54) is 0 Å². The van der Waals surface area contributed by atoms with Gasteiger partial charge in [-0.3, -0.25) is 4.79 Å². The van der Waals surface area contributed by atoms with E-state index in [-0.39, 0.29) is 28.4 Å². The topological polar surface area (TPSA) is 26.3 Å². The molecule has 0 radical (unpaired) electrons. The Morgan fingerprint density at radius 2 is 1.64 bits per heavy atom. The fourth-order valence-corrected chi connectivity index (χ4v) is 0.629. The molecule has 0 unspecified atom stereocenters. The smallest absolute Gasteiger partial charge is 0.311 e. The van der Waals surface area contributed by atoms with E-state index in [2.05, 4.69) is 21.1 Å². The minimum absolute atomic E-state index is 0. The summed E-state index contributed by atoms with van der Waals surface area (Å²) in [5, 5.41) is 0. The van der Waals surface area contributed by atoms with Crippen molar-refractivity contribution >= 4 is 5.97 Å². The van der Waals surface area contributed by atoms with Crippen molar-refractivity contribution in [1.29, 1.82) is 0 Å². The first kappa shape index (κ1) is 16.3. The molecule has 0 aromatic heterocycles. The molecule has 14 heavy (non-hydrogen) atoms. The molecule has 0 saturated heterocycles. The molecule has 0 fully saturated rings. The summed E-state index contributed by atoms with van der Waals surface area (Å²) in [6.45, 7) is 6.94. The van der Waals surface area contributed by atoms with Crippen LogP contribution < -0.4 is 17.0 Å². The predicted octanol–water partition coefficient (Wildman–Crippen LogP) is -1.71. The van der Waals surface area contributed by atoms with E-state index in [1.54, 1.807) is 0 Å². The first-order valence-electron chi connectivity index (χ1n) is 4.60. The number of carbonyl (C=O) groups is 1. The SMILES string of the molecule is CC(C)(C)C(=O)OCC[N+](C)(C)C.[Br-]. The zero-order valence-corrected chi connectivity index (χ0v) is 11.6. The molecule has 0 aromatic carbocycles. The molecular weight excluding hydrogens is 246 g/mol. The number of halogens is 1. The number of carbonyl (C=O) groups excluding carboxylic acids is 1. The lowest BCUT2D eigenvalue weighted by Gasteiger charge is -2.24. The van der Waals surface area contributed by atoms with Gasteiger partial charge >= 0.3 is 5.97 Å². The van der Waals surface area contributed by atoms with E-state index in [0.717, 1.165) is 11.0 Å². The molecule has 0 aromatic rings. The number of hydrogen-bond acceptors (Lipinski definition) is 2. The lowest BCUT2D eigenvalue weighted by Crippen LogP contribution is -3.00. The molecule has 0 aliphatic carbocycles. The molecule has 0 bridgehead atoms. The Kier molecular flexibility index (Phi) is 6.66. The van der Waals surface area contributed by atoms with Gasteiger partial charge in [-0.05, 0) is 20.8 Å². The van der Waals surface area contributed by atoms with Gasteiger partial charge in [-0.1, -0.05) is 0 Å². The van der Waals surface area contributed by atoms with Gasteiger partial charge in [-0.2, -0.15) is 0 Å². The first-order valence-corrected chi connectivity index (χ1v) is 4.60. The summed E-state index contributed by atoms with van der Waals surface area (Å²) in [5.74, 6) is -0.124. The molecule has 0 rings (SSSR count). The van der Waals surface area contributed by atoms with Gasteiger partial charge in [-0.15, -0.1) is 0 Å². The maximum absolute atomic E-state index is 11.3. The highest BCUT2D eigenvalue weighted by Crippen LogP contribution is 2.14. The van der Waals surface area contributed by atoms with Crippen LogP contribution in [-0.4, -0.2) is 44.7 Å². The number of nitrogens with zero attached hydrogens (tertiary/aromatic N) is 1. The molecule has 0 amide bonds. The summed E-state index contributed by atoms with van der Waals surface area (Å²) >= 11 is 0. The molecule has 0 N–H and O–H groups in total. The zero-order valence-electron chi connectivity index (χ0n) is 10.1. The largest absolute Gasteiger partial charge is 1.00 e. The van der Waals surface area contributed by atoms with E-state index >= 15 is 0 Å². The fourth-order valence-electron chi connectivity index (χ4n) is 0.629. The number of rotatable bonds is 3. The lowest BCUT2D eigenvalue weighted by atomic mass is 9.97. The second kappa shape index (κ2) is 5.71. The van der Waals surface area contributed by atoms with Crippen LogP contribution in [0, 0.1) is 5.41 Å². The van der Waals surface area contributed by atoms with Gasteiger partial charge in [0.2, 0.25) is 0 Å². The zero-order chi connectivity index (χ0) is 10.7. The Labute approximate surface area is 97.8 Å². The molecular formula is C10H22BrNO2. The first-order chi connectivity index (χ1) is 5.63. The quantitative estimate of drug-likeness (QED) is 0.450. The minimum atomic E-state index is -0.384. The number of quaternary nitrogens is 1. The molecule has 0 aliphatic rings. The summed E-state index contributed by atoms with van der Waals surface area (Å²) < 4.78 is 5.94. The molecule has 0 atom stereocenters. The van der Waals surface area contributed by atoms with Crippen LogP contribution in [0.15, 0.2) is 0 Å². The minimum Gasteiger partial charge on any atom is -1.00 e. The molecule has 86 valence electrons. The van der Waals surface area contributed by atoms with Crippen molar-refractivity contribution < 1.29 is 31.0 Å². The Morgan fingerprint density at radius 3 is 1.93 bits per heavy atom.